The Morgan fingerprint density at radius 1 is 0.929 bits per heavy atom. The van der Waals surface area contributed by atoms with Gasteiger partial charge in [-0.05, 0) is 29.3 Å². The van der Waals surface area contributed by atoms with E-state index in [0.29, 0.717) is 15.5 Å². The van der Waals surface area contributed by atoms with E-state index in [9.17, 15) is 0 Å². The molecule has 0 aromatic rings. The van der Waals surface area contributed by atoms with Gasteiger partial charge in [0.05, 0.1) is 12.2 Å². The summed E-state index contributed by atoms with van der Waals surface area (Å²) in [5, 5.41) is 0. The summed E-state index contributed by atoms with van der Waals surface area (Å²) in [6.45, 7) is 15.0. The summed E-state index contributed by atoms with van der Waals surface area (Å²) >= 11 is 0. The monoisotopic (exact) mass is 230 g/mol. The first-order valence-electron chi connectivity index (χ1n) is 5.60. The van der Waals surface area contributed by atoms with Gasteiger partial charge in [0.2, 0.25) is 0 Å². The van der Waals surface area contributed by atoms with Crippen molar-refractivity contribution in [2.75, 3.05) is 6.61 Å². The van der Waals surface area contributed by atoms with Crippen LogP contribution in [0.5, 0.6) is 0 Å². The van der Waals surface area contributed by atoms with Crippen LogP contribution in [0.1, 0.15) is 41.5 Å². The maximum atomic E-state index is 6.08. The van der Waals surface area contributed by atoms with Crippen LogP contribution in [0.3, 0.4) is 0 Å². The van der Waals surface area contributed by atoms with Crippen LogP contribution < -0.4 is 0 Å². The van der Waals surface area contributed by atoms with Crippen molar-refractivity contribution in [2.24, 2.45) is 10.8 Å². The molecule has 0 unspecified atom stereocenters. The van der Waals surface area contributed by atoms with Crippen LogP contribution in [0, 0.1) is 10.8 Å². The first-order valence-corrected chi connectivity index (χ1v) is 7.60. The lowest BCUT2D eigenvalue weighted by molar-refractivity contribution is -0.187. The highest BCUT2D eigenvalue weighted by Gasteiger charge is 2.58. The summed E-state index contributed by atoms with van der Waals surface area (Å²) < 4.78 is 6.63. The fraction of sp³-hybridized carbons (Fsp3) is 1.00. The highest BCUT2D eigenvalue weighted by Crippen LogP contribution is 2.62. The number of ether oxygens (including phenoxy) is 1. The van der Waals surface area contributed by atoms with Crippen LogP contribution in [0.25, 0.3) is 0 Å². The second-order valence-electron chi connectivity index (χ2n) is 6.93. The molecule has 3 heteroatoms. The van der Waals surface area contributed by atoms with Crippen LogP contribution >= 0.6 is 0 Å². The molecule has 0 atom stereocenters. The van der Waals surface area contributed by atoms with E-state index in [1.165, 1.54) is 20.5 Å². The average molecular weight is 230 g/mol. The number of hydrogen-bond donors (Lipinski definition) is 0. The van der Waals surface area contributed by atoms with Gasteiger partial charge in [0.15, 0.2) is 0 Å². The Balaban J connectivity index is 3.20. The van der Waals surface area contributed by atoms with Crippen molar-refractivity contribution >= 4 is 20.5 Å². The van der Waals surface area contributed by atoms with E-state index in [-0.39, 0.29) is 5.60 Å². The van der Waals surface area contributed by atoms with Crippen LogP contribution in [0.2, 0.25) is 4.66 Å². The summed E-state index contributed by atoms with van der Waals surface area (Å²) in [5.74, 6) is 0. The van der Waals surface area contributed by atoms with Gasteiger partial charge in [0.1, 0.15) is 0 Å². The van der Waals surface area contributed by atoms with Gasteiger partial charge in [-0.2, -0.15) is 0 Å². The van der Waals surface area contributed by atoms with Gasteiger partial charge in [-0.25, -0.2) is 0 Å². The Kier molecular flexibility index (Phi) is 2.63. The van der Waals surface area contributed by atoms with Crippen LogP contribution in [0.4, 0.5) is 0 Å². The molecular weight excluding hydrogens is 204 g/mol. The second kappa shape index (κ2) is 2.95. The molecule has 1 fully saturated rings. The predicted octanol–water partition coefficient (Wildman–Crippen LogP) is 0.695. The Bertz CT molecular complexity index is 216. The fourth-order valence-electron chi connectivity index (χ4n) is 2.32. The largest absolute Gasteiger partial charge is 0.374 e. The molecule has 1 aliphatic rings. The molecular formula is C11H26OSi2. The Morgan fingerprint density at radius 2 is 1.36 bits per heavy atom. The van der Waals surface area contributed by atoms with Gasteiger partial charge in [-0.3, -0.25) is 0 Å². The second-order valence-corrected chi connectivity index (χ2v) is 12.9. The summed E-state index contributed by atoms with van der Waals surface area (Å²) in [5.41, 5.74) is 0.705. The fourth-order valence-corrected chi connectivity index (χ4v) is 3.81. The van der Waals surface area contributed by atoms with E-state index in [2.05, 4.69) is 41.5 Å². The first kappa shape index (κ1) is 12.5. The molecule has 0 aliphatic carbocycles. The minimum Gasteiger partial charge on any atom is -0.374 e. The van der Waals surface area contributed by atoms with Crippen molar-refractivity contribution in [1.82, 2.24) is 0 Å². The lowest BCUT2D eigenvalue weighted by atomic mass is 9.63. The summed E-state index contributed by atoms with van der Waals surface area (Å²) in [6, 6.07) is 0. The highest BCUT2D eigenvalue weighted by atomic mass is 28.2. The molecule has 1 aliphatic heterocycles. The van der Waals surface area contributed by atoms with E-state index < -0.39 is 0 Å². The average Bonchev–Trinajstić information content (AvgIpc) is 1.98. The zero-order valence-corrected chi connectivity index (χ0v) is 15.1. The van der Waals surface area contributed by atoms with E-state index >= 15 is 0 Å². The molecule has 0 aromatic carbocycles. The van der Waals surface area contributed by atoms with Crippen LogP contribution in [0.15, 0.2) is 0 Å². The third-order valence-electron chi connectivity index (χ3n) is 5.55. The smallest absolute Gasteiger partial charge is 0.0676 e. The van der Waals surface area contributed by atoms with Crippen LogP contribution in [-0.2, 0) is 4.74 Å². The SMILES string of the molecule is CC1(C)COC(C)(C)C(C)(C)C1([SiH3])[SiH3]. The zero-order valence-electron chi connectivity index (χ0n) is 11.1. The molecule has 0 N–H and O–H groups in total. The van der Waals surface area contributed by atoms with E-state index in [4.69, 9.17) is 4.74 Å². The molecule has 1 saturated heterocycles. The quantitative estimate of drug-likeness (QED) is 0.557. The van der Waals surface area contributed by atoms with Crippen molar-refractivity contribution in [2.45, 2.75) is 51.8 Å². The lowest BCUT2D eigenvalue weighted by Crippen LogP contribution is -2.61. The molecule has 0 amide bonds. The third-order valence-corrected chi connectivity index (χ3v) is 10.8. The first-order chi connectivity index (χ1) is 5.96. The molecule has 0 radical (unpaired) electrons. The molecule has 0 spiro atoms. The van der Waals surface area contributed by atoms with Crippen molar-refractivity contribution in [3.05, 3.63) is 0 Å². The minimum atomic E-state index is 0.0338. The molecule has 84 valence electrons. The molecule has 0 aromatic heterocycles. The molecule has 14 heavy (non-hydrogen) atoms. The maximum absolute atomic E-state index is 6.08. The predicted molar refractivity (Wildman–Crippen MR) is 70.2 cm³/mol. The molecule has 0 bridgehead atoms. The van der Waals surface area contributed by atoms with E-state index in [1.807, 2.05) is 0 Å². The standard InChI is InChI=1S/C11H26OSi2/c1-8(2)7-12-10(5,6)9(3,4)11(8,13)14/h7H2,1-6,13-14H3. The normalized spacial score (nSPS) is 39.9. The Morgan fingerprint density at radius 3 is 1.71 bits per heavy atom. The molecule has 1 nitrogen and oxygen atoms in total. The van der Waals surface area contributed by atoms with Gasteiger partial charge in [-0.15, -0.1) is 0 Å². The summed E-state index contributed by atoms with van der Waals surface area (Å²) in [4.78, 5) is 0. The third kappa shape index (κ3) is 1.36. The lowest BCUT2D eigenvalue weighted by Gasteiger charge is -2.63. The van der Waals surface area contributed by atoms with Gasteiger partial charge in [0.25, 0.3) is 0 Å². The van der Waals surface area contributed by atoms with E-state index in [1.54, 1.807) is 0 Å². The van der Waals surface area contributed by atoms with Crippen molar-refractivity contribution < 1.29 is 4.74 Å². The minimum absolute atomic E-state index is 0.0338. The zero-order chi connectivity index (χ0) is 11.4. The topological polar surface area (TPSA) is 9.23 Å². The maximum Gasteiger partial charge on any atom is 0.0676 e. The van der Waals surface area contributed by atoms with Crippen molar-refractivity contribution in [1.29, 1.82) is 0 Å². The van der Waals surface area contributed by atoms with Gasteiger partial charge in [-0.1, -0.05) is 27.7 Å². The van der Waals surface area contributed by atoms with Gasteiger partial charge in [0, 0.05) is 20.5 Å². The van der Waals surface area contributed by atoms with Crippen molar-refractivity contribution in [3.8, 4) is 0 Å². The molecule has 1 rings (SSSR count). The summed E-state index contributed by atoms with van der Waals surface area (Å²) in [6.07, 6.45) is 0. The van der Waals surface area contributed by atoms with Crippen molar-refractivity contribution in [3.63, 3.8) is 0 Å². The van der Waals surface area contributed by atoms with Gasteiger partial charge >= 0.3 is 0 Å². The Labute approximate surface area is 94.8 Å². The molecule has 0 saturated carbocycles. The summed E-state index contributed by atoms with van der Waals surface area (Å²) in [7, 11) is 2.56. The van der Waals surface area contributed by atoms with Gasteiger partial charge < -0.3 is 4.74 Å². The number of hydrogen-bond acceptors (Lipinski definition) is 1. The Hall–Kier alpha value is 0.394. The highest BCUT2D eigenvalue weighted by molar-refractivity contribution is 6.41. The number of rotatable bonds is 0. The van der Waals surface area contributed by atoms with Crippen LogP contribution in [-0.4, -0.2) is 32.7 Å². The van der Waals surface area contributed by atoms with E-state index in [0.717, 1.165) is 6.61 Å². The molecule has 1 heterocycles.